The molecule has 36 heavy (non-hydrogen) atoms. The zero-order chi connectivity index (χ0) is 27.2. The number of hydrogen-bond acceptors (Lipinski definition) is 10. The number of aliphatic hydroxyl groups excluding tert-OH is 2. The van der Waals surface area contributed by atoms with Gasteiger partial charge in [0.25, 0.3) is 0 Å². The number of aliphatic hydroxyl groups is 2. The summed E-state index contributed by atoms with van der Waals surface area (Å²) >= 11 is 0. The molecule has 2 atom stereocenters. The van der Waals surface area contributed by atoms with Crippen LogP contribution in [-0.4, -0.2) is 68.1 Å². The fourth-order valence-corrected chi connectivity index (χ4v) is 5.59. The molecule has 0 spiro atoms. The molecule has 0 aromatic rings. The smallest absolute Gasteiger partial charge is 0.343 e. The lowest BCUT2D eigenvalue weighted by Gasteiger charge is -2.59. The number of hydrogen-bond donors (Lipinski definition) is 4. The molecule has 4 aliphatic rings. The van der Waals surface area contributed by atoms with E-state index in [0.717, 1.165) is 37.5 Å². The van der Waals surface area contributed by atoms with Gasteiger partial charge in [0.05, 0.1) is 25.3 Å². The van der Waals surface area contributed by atoms with Gasteiger partial charge in [-0.1, -0.05) is 6.58 Å². The topological polar surface area (TPSA) is 209 Å². The summed E-state index contributed by atoms with van der Waals surface area (Å²) < 4.78 is 9.73. The highest BCUT2D eigenvalue weighted by atomic mass is 16.6. The normalized spacial score (nSPS) is 28.9. The highest BCUT2D eigenvalue weighted by Crippen LogP contribution is 2.60. The molecule has 0 heterocycles. The summed E-state index contributed by atoms with van der Waals surface area (Å²) in [6.45, 7) is 5.35. The molecule has 0 aliphatic heterocycles. The van der Waals surface area contributed by atoms with Crippen LogP contribution in [0.5, 0.6) is 0 Å². The molecule has 0 radical (unpaired) electrons. The molecule has 2 unspecified atom stereocenters. The highest BCUT2D eigenvalue weighted by Gasteiger charge is 2.59. The first-order chi connectivity index (χ1) is 16.8. The molecule has 12 nitrogen and oxygen atoms in total. The van der Waals surface area contributed by atoms with E-state index in [1.807, 2.05) is 0 Å². The van der Waals surface area contributed by atoms with Crippen molar-refractivity contribution in [3.05, 3.63) is 12.2 Å². The second kappa shape index (κ2) is 12.1. The van der Waals surface area contributed by atoms with Crippen LogP contribution in [0.15, 0.2) is 12.2 Å². The standard InChI is InChI=1S/C16H21NO2.C8H10O9/c1-10(2)15(18)19-16(3-4-17)13-6-11-5-12(8-13)9-14(16)7-11;9-3(1-5(11)12)7(15)17-8(16)4(10)2-6(13)14/h11-14H,1,3,5-9H2,2H3;3-4,9-10H,1-2H2,(H,11,12)(H,13,14). The van der Waals surface area contributed by atoms with E-state index in [4.69, 9.17) is 25.2 Å². The van der Waals surface area contributed by atoms with Gasteiger partial charge in [-0.25, -0.2) is 14.4 Å². The van der Waals surface area contributed by atoms with Gasteiger partial charge in [-0.15, -0.1) is 0 Å². The summed E-state index contributed by atoms with van der Waals surface area (Å²) in [5.74, 6) is -4.04. The number of ether oxygens (including phenoxy) is 2. The number of carboxylic acid groups (broad SMARTS) is 2. The van der Waals surface area contributed by atoms with Crippen molar-refractivity contribution in [2.24, 2.45) is 23.7 Å². The Morgan fingerprint density at radius 1 is 0.917 bits per heavy atom. The van der Waals surface area contributed by atoms with Gasteiger partial charge in [0, 0.05) is 17.4 Å². The van der Waals surface area contributed by atoms with Gasteiger partial charge in [-0.3, -0.25) is 9.59 Å². The minimum absolute atomic E-state index is 0.317. The Hall–Kier alpha value is -3.30. The van der Waals surface area contributed by atoms with Crippen LogP contribution in [0.3, 0.4) is 0 Å². The van der Waals surface area contributed by atoms with Gasteiger partial charge in [-0.05, 0) is 50.9 Å². The van der Waals surface area contributed by atoms with E-state index in [1.54, 1.807) is 6.92 Å². The number of carboxylic acids is 2. The SMILES string of the molecule is C=C(C)C(=O)OC1(CC#N)C2CC3CC(C2)CC1C3.O=C(O)CC(O)C(=O)OC(=O)C(O)CC(=O)O. The molecular weight excluding hydrogens is 478 g/mol. The van der Waals surface area contributed by atoms with Crippen LogP contribution in [0.25, 0.3) is 0 Å². The molecule has 0 aromatic heterocycles. The molecule has 0 aromatic carbocycles. The second-order valence-corrected chi connectivity index (χ2v) is 9.73. The van der Waals surface area contributed by atoms with Crippen molar-refractivity contribution in [3.63, 3.8) is 0 Å². The predicted octanol–water partition coefficient (Wildman–Crippen LogP) is 0.942. The minimum atomic E-state index is -2.06. The number of carbonyl (C=O) groups excluding carboxylic acids is 3. The lowest BCUT2D eigenvalue weighted by molar-refractivity contribution is -0.204. The molecule has 4 saturated carbocycles. The van der Waals surface area contributed by atoms with Crippen LogP contribution >= 0.6 is 0 Å². The van der Waals surface area contributed by atoms with Crippen LogP contribution in [0.4, 0.5) is 0 Å². The monoisotopic (exact) mass is 509 g/mol. The van der Waals surface area contributed by atoms with E-state index in [0.29, 0.717) is 23.8 Å². The van der Waals surface area contributed by atoms with E-state index in [9.17, 15) is 29.2 Å². The van der Waals surface area contributed by atoms with Crippen LogP contribution in [0.1, 0.15) is 58.3 Å². The van der Waals surface area contributed by atoms with Gasteiger partial charge in [0.15, 0.2) is 12.2 Å². The first-order valence-corrected chi connectivity index (χ1v) is 11.6. The highest BCUT2D eigenvalue weighted by molar-refractivity contribution is 5.92. The molecule has 4 aliphatic carbocycles. The van der Waals surface area contributed by atoms with Crippen molar-refractivity contribution in [2.45, 2.75) is 76.1 Å². The largest absolute Gasteiger partial charge is 0.481 e. The Labute approximate surface area is 207 Å². The van der Waals surface area contributed by atoms with Gasteiger partial charge < -0.3 is 29.9 Å². The summed E-state index contributed by atoms with van der Waals surface area (Å²) in [6, 6.07) is 2.27. The predicted molar refractivity (Wildman–Crippen MR) is 119 cm³/mol. The van der Waals surface area contributed by atoms with E-state index in [2.05, 4.69) is 17.4 Å². The van der Waals surface area contributed by atoms with Gasteiger partial charge in [-0.2, -0.15) is 5.26 Å². The minimum Gasteiger partial charge on any atom is -0.481 e. The zero-order valence-corrected chi connectivity index (χ0v) is 19.9. The number of carbonyl (C=O) groups is 5. The zero-order valence-electron chi connectivity index (χ0n) is 19.9. The maximum absolute atomic E-state index is 12.0. The lowest BCUT2D eigenvalue weighted by atomic mass is 9.49. The third-order valence-corrected chi connectivity index (χ3v) is 6.99. The number of aliphatic carboxylic acids is 2. The van der Waals surface area contributed by atoms with Crippen LogP contribution in [-0.2, 0) is 33.4 Å². The van der Waals surface area contributed by atoms with E-state index in [-0.39, 0.29) is 5.97 Å². The molecule has 198 valence electrons. The third-order valence-electron chi connectivity index (χ3n) is 6.99. The number of esters is 3. The number of nitrogens with zero attached hydrogens (tertiary/aromatic N) is 1. The Morgan fingerprint density at radius 2 is 1.33 bits per heavy atom. The van der Waals surface area contributed by atoms with Gasteiger partial charge in [0.2, 0.25) is 0 Å². The molecule has 0 amide bonds. The molecule has 4 bridgehead atoms. The van der Waals surface area contributed by atoms with Gasteiger partial charge in [0.1, 0.15) is 5.60 Å². The van der Waals surface area contributed by atoms with Crippen LogP contribution in [0.2, 0.25) is 0 Å². The van der Waals surface area contributed by atoms with E-state index in [1.165, 1.54) is 6.42 Å². The summed E-state index contributed by atoms with van der Waals surface area (Å²) in [5, 5.41) is 43.4. The Bertz CT molecular complexity index is 890. The van der Waals surface area contributed by atoms with Crippen molar-refractivity contribution in [2.75, 3.05) is 0 Å². The van der Waals surface area contributed by atoms with Gasteiger partial charge >= 0.3 is 29.8 Å². The van der Waals surface area contributed by atoms with Crippen molar-refractivity contribution in [1.29, 1.82) is 5.26 Å². The Morgan fingerprint density at radius 3 is 1.67 bits per heavy atom. The lowest BCUT2D eigenvalue weighted by Crippen LogP contribution is -2.59. The van der Waals surface area contributed by atoms with Crippen molar-refractivity contribution in [1.82, 2.24) is 0 Å². The van der Waals surface area contributed by atoms with Crippen molar-refractivity contribution >= 4 is 29.8 Å². The van der Waals surface area contributed by atoms with E-state index >= 15 is 0 Å². The average Bonchev–Trinajstić information content (AvgIpc) is 2.76. The van der Waals surface area contributed by atoms with Crippen LogP contribution < -0.4 is 0 Å². The summed E-state index contributed by atoms with van der Waals surface area (Å²) in [6.07, 6.45) is 0.182. The molecule has 4 N–H and O–H groups in total. The van der Waals surface area contributed by atoms with Crippen molar-refractivity contribution in [3.8, 4) is 6.07 Å². The number of rotatable bonds is 9. The molecule has 4 rings (SSSR count). The summed E-state index contributed by atoms with van der Waals surface area (Å²) in [5.41, 5.74) is -0.0794. The fourth-order valence-electron chi connectivity index (χ4n) is 5.59. The summed E-state index contributed by atoms with van der Waals surface area (Å²) in [7, 11) is 0. The van der Waals surface area contributed by atoms with E-state index < -0.39 is 54.5 Å². The maximum Gasteiger partial charge on any atom is 0.343 e. The number of nitriles is 1. The Balaban J connectivity index is 0.000000256. The molecule has 4 fully saturated rings. The fraction of sp³-hybridized carbons (Fsp3) is 0.667. The Kier molecular flexibility index (Phi) is 9.72. The quantitative estimate of drug-likeness (QED) is 0.194. The summed E-state index contributed by atoms with van der Waals surface area (Å²) in [4.78, 5) is 53.9. The second-order valence-electron chi connectivity index (χ2n) is 9.73. The first kappa shape index (κ1) is 28.9. The first-order valence-electron chi connectivity index (χ1n) is 11.6. The third kappa shape index (κ3) is 7.11. The maximum atomic E-state index is 12.0. The molecular formula is C24H31NO11. The molecule has 0 saturated heterocycles. The molecule has 12 heteroatoms. The average molecular weight is 510 g/mol. The van der Waals surface area contributed by atoms with Crippen LogP contribution in [0, 0.1) is 35.0 Å². The van der Waals surface area contributed by atoms with Crippen molar-refractivity contribution < 1.29 is 53.9 Å².